The molecule has 0 bridgehead atoms. The maximum absolute atomic E-state index is 5.60. The average Bonchev–Trinajstić information content (AvgIpc) is 2.33. The Labute approximate surface area is 100 Å². The number of nitrogens with two attached hydrogens (primary N) is 1. The molecule has 0 saturated heterocycles. The lowest BCUT2D eigenvalue weighted by molar-refractivity contribution is 0.184. The van der Waals surface area contributed by atoms with Gasteiger partial charge in [0.2, 0.25) is 5.88 Å². The molecule has 1 aromatic carbocycles. The highest BCUT2D eigenvalue weighted by atomic mass is 16.5. The Morgan fingerprint density at radius 3 is 2.82 bits per heavy atom. The van der Waals surface area contributed by atoms with Crippen molar-refractivity contribution in [2.75, 3.05) is 12.8 Å². The first-order chi connectivity index (χ1) is 8.28. The number of hydrogen-bond acceptors (Lipinski definition) is 4. The third-order valence-corrected chi connectivity index (χ3v) is 2.19. The molecule has 2 aromatic rings. The molecule has 0 aliphatic rings. The summed E-state index contributed by atoms with van der Waals surface area (Å²) in [6.07, 6.45) is 1.56. The van der Waals surface area contributed by atoms with Crippen molar-refractivity contribution in [2.45, 2.75) is 6.61 Å². The summed E-state index contributed by atoms with van der Waals surface area (Å²) in [6, 6.07) is 11.2. The standard InChI is InChI=1S/C13H14N2O2/c1-16-9-10-3-2-4-12(7-10)17-13-6-5-11(14)8-15-13/h2-8H,9,14H2,1H3. The summed E-state index contributed by atoms with van der Waals surface area (Å²) in [5.41, 5.74) is 7.22. The first-order valence-corrected chi connectivity index (χ1v) is 5.25. The molecule has 0 aliphatic carbocycles. The number of anilines is 1. The molecular formula is C13H14N2O2. The molecule has 4 heteroatoms. The number of nitrogen functional groups attached to an aromatic ring is 1. The first-order valence-electron chi connectivity index (χ1n) is 5.25. The largest absolute Gasteiger partial charge is 0.439 e. The number of ether oxygens (including phenoxy) is 2. The average molecular weight is 230 g/mol. The minimum absolute atomic E-state index is 0.522. The van der Waals surface area contributed by atoms with Gasteiger partial charge in [0, 0.05) is 13.2 Å². The maximum Gasteiger partial charge on any atom is 0.219 e. The van der Waals surface area contributed by atoms with Gasteiger partial charge in [-0.3, -0.25) is 0 Å². The molecule has 2 N–H and O–H groups in total. The van der Waals surface area contributed by atoms with Crippen molar-refractivity contribution >= 4 is 5.69 Å². The monoisotopic (exact) mass is 230 g/mol. The molecule has 0 amide bonds. The number of methoxy groups -OCH3 is 1. The number of hydrogen-bond donors (Lipinski definition) is 1. The van der Waals surface area contributed by atoms with Gasteiger partial charge in [-0.15, -0.1) is 0 Å². The fraction of sp³-hybridized carbons (Fsp3) is 0.154. The summed E-state index contributed by atoms with van der Waals surface area (Å²) in [4.78, 5) is 4.07. The van der Waals surface area contributed by atoms with Crippen molar-refractivity contribution in [1.82, 2.24) is 4.98 Å². The summed E-state index contributed by atoms with van der Waals surface area (Å²) in [5, 5.41) is 0. The summed E-state index contributed by atoms with van der Waals surface area (Å²) < 4.78 is 10.7. The molecule has 0 saturated carbocycles. The highest BCUT2D eigenvalue weighted by Gasteiger charge is 2.00. The summed E-state index contributed by atoms with van der Waals surface area (Å²) in [5.74, 6) is 1.26. The zero-order valence-corrected chi connectivity index (χ0v) is 9.59. The molecule has 2 rings (SSSR count). The number of pyridine rings is 1. The topological polar surface area (TPSA) is 57.4 Å². The van der Waals surface area contributed by atoms with Crippen LogP contribution in [0.2, 0.25) is 0 Å². The molecule has 0 radical (unpaired) electrons. The summed E-state index contributed by atoms with van der Waals surface area (Å²) >= 11 is 0. The fourth-order valence-corrected chi connectivity index (χ4v) is 1.44. The molecule has 1 aromatic heterocycles. The molecule has 0 fully saturated rings. The van der Waals surface area contributed by atoms with Crippen LogP contribution in [0.1, 0.15) is 5.56 Å². The third-order valence-electron chi connectivity index (χ3n) is 2.19. The molecular weight excluding hydrogens is 216 g/mol. The lowest BCUT2D eigenvalue weighted by Crippen LogP contribution is -1.92. The Morgan fingerprint density at radius 2 is 2.12 bits per heavy atom. The Morgan fingerprint density at radius 1 is 1.24 bits per heavy atom. The number of nitrogens with zero attached hydrogens (tertiary/aromatic N) is 1. The zero-order valence-electron chi connectivity index (χ0n) is 9.59. The molecule has 88 valence electrons. The minimum Gasteiger partial charge on any atom is -0.439 e. The van der Waals surface area contributed by atoms with E-state index in [-0.39, 0.29) is 0 Å². The second kappa shape index (κ2) is 5.32. The predicted molar refractivity (Wildman–Crippen MR) is 65.9 cm³/mol. The highest BCUT2D eigenvalue weighted by Crippen LogP contribution is 2.21. The lowest BCUT2D eigenvalue weighted by atomic mass is 10.2. The van der Waals surface area contributed by atoms with Gasteiger partial charge in [0.15, 0.2) is 0 Å². The van der Waals surface area contributed by atoms with Crippen LogP contribution in [0.4, 0.5) is 5.69 Å². The van der Waals surface area contributed by atoms with Crippen LogP contribution in [0.3, 0.4) is 0 Å². The minimum atomic E-state index is 0.522. The normalized spacial score (nSPS) is 10.2. The van der Waals surface area contributed by atoms with Crippen molar-refractivity contribution in [1.29, 1.82) is 0 Å². The van der Waals surface area contributed by atoms with Crippen molar-refractivity contribution in [3.63, 3.8) is 0 Å². The lowest BCUT2D eigenvalue weighted by Gasteiger charge is -2.06. The highest BCUT2D eigenvalue weighted by molar-refractivity contribution is 5.38. The van der Waals surface area contributed by atoms with Crippen LogP contribution in [-0.4, -0.2) is 12.1 Å². The molecule has 0 atom stereocenters. The van der Waals surface area contributed by atoms with E-state index in [4.69, 9.17) is 15.2 Å². The van der Waals surface area contributed by atoms with Gasteiger partial charge in [-0.25, -0.2) is 4.98 Å². The van der Waals surface area contributed by atoms with Gasteiger partial charge in [0.25, 0.3) is 0 Å². The molecule has 4 nitrogen and oxygen atoms in total. The summed E-state index contributed by atoms with van der Waals surface area (Å²) in [6.45, 7) is 0.562. The van der Waals surface area contributed by atoms with Crippen molar-refractivity contribution < 1.29 is 9.47 Å². The second-order valence-corrected chi connectivity index (χ2v) is 3.61. The second-order valence-electron chi connectivity index (χ2n) is 3.61. The van der Waals surface area contributed by atoms with Crippen LogP contribution < -0.4 is 10.5 Å². The van der Waals surface area contributed by atoms with Crippen molar-refractivity contribution in [3.05, 3.63) is 48.2 Å². The molecule has 0 aliphatic heterocycles. The first kappa shape index (κ1) is 11.4. The SMILES string of the molecule is COCc1cccc(Oc2ccc(N)cn2)c1. The van der Waals surface area contributed by atoms with Crippen LogP contribution in [0.15, 0.2) is 42.6 Å². The van der Waals surface area contributed by atoms with Crippen LogP contribution in [0, 0.1) is 0 Å². The van der Waals surface area contributed by atoms with Gasteiger partial charge in [-0.2, -0.15) is 0 Å². The van der Waals surface area contributed by atoms with E-state index in [1.807, 2.05) is 24.3 Å². The van der Waals surface area contributed by atoms with Crippen LogP contribution in [0.5, 0.6) is 11.6 Å². The Hall–Kier alpha value is -2.07. The van der Waals surface area contributed by atoms with Crippen molar-refractivity contribution in [3.8, 4) is 11.6 Å². The number of benzene rings is 1. The molecule has 17 heavy (non-hydrogen) atoms. The number of aromatic nitrogens is 1. The van der Waals surface area contributed by atoms with E-state index in [0.29, 0.717) is 18.2 Å². The Bertz CT molecular complexity index is 483. The van der Waals surface area contributed by atoms with Crippen LogP contribution in [0.25, 0.3) is 0 Å². The molecule has 0 unspecified atom stereocenters. The van der Waals surface area contributed by atoms with E-state index >= 15 is 0 Å². The van der Waals surface area contributed by atoms with Gasteiger partial charge in [0.05, 0.1) is 18.5 Å². The maximum atomic E-state index is 5.60. The van der Waals surface area contributed by atoms with E-state index in [1.165, 1.54) is 0 Å². The smallest absolute Gasteiger partial charge is 0.219 e. The molecule has 1 heterocycles. The van der Waals surface area contributed by atoms with Gasteiger partial charge >= 0.3 is 0 Å². The van der Waals surface area contributed by atoms with Gasteiger partial charge in [-0.05, 0) is 23.8 Å². The fourth-order valence-electron chi connectivity index (χ4n) is 1.44. The van der Waals surface area contributed by atoms with E-state index in [9.17, 15) is 0 Å². The Balaban J connectivity index is 2.12. The third kappa shape index (κ3) is 3.19. The van der Waals surface area contributed by atoms with Gasteiger partial charge in [-0.1, -0.05) is 12.1 Å². The van der Waals surface area contributed by atoms with E-state index < -0.39 is 0 Å². The Kier molecular flexibility index (Phi) is 3.57. The summed E-state index contributed by atoms with van der Waals surface area (Å²) in [7, 11) is 1.66. The van der Waals surface area contributed by atoms with E-state index in [0.717, 1.165) is 11.3 Å². The van der Waals surface area contributed by atoms with Crippen molar-refractivity contribution in [2.24, 2.45) is 0 Å². The molecule has 0 spiro atoms. The quantitative estimate of drug-likeness (QED) is 0.877. The predicted octanol–water partition coefficient (Wildman–Crippen LogP) is 2.60. The van der Waals surface area contributed by atoms with Crippen LogP contribution in [-0.2, 0) is 11.3 Å². The van der Waals surface area contributed by atoms with E-state index in [2.05, 4.69) is 4.98 Å². The zero-order chi connectivity index (χ0) is 12.1. The van der Waals surface area contributed by atoms with Crippen LogP contribution >= 0.6 is 0 Å². The van der Waals surface area contributed by atoms with Gasteiger partial charge < -0.3 is 15.2 Å². The van der Waals surface area contributed by atoms with Gasteiger partial charge in [0.1, 0.15) is 5.75 Å². The number of rotatable bonds is 4. The van der Waals surface area contributed by atoms with E-state index in [1.54, 1.807) is 25.4 Å².